The molecule has 7 heteroatoms. The van der Waals surface area contributed by atoms with Crippen LogP contribution in [0.1, 0.15) is 11.1 Å². The number of nitrogens with one attached hydrogen (secondary N) is 1. The molecule has 3 aromatic carbocycles. The highest BCUT2D eigenvalue weighted by Gasteiger charge is 2.12. The van der Waals surface area contributed by atoms with Crippen LogP contribution in [-0.2, 0) is 11.4 Å². The summed E-state index contributed by atoms with van der Waals surface area (Å²) in [6.45, 7) is 0.259. The first-order chi connectivity index (χ1) is 14.5. The molecular weight excluding hydrogens is 487 g/mol. The fourth-order valence-electron chi connectivity index (χ4n) is 2.56. The minimum absolute atomic E-state index is 0.0384. The van der Waals surface area contributed by atoms with Crippen LogP contribution < -0.4 is 10.1 Å². The Hall–Kier alpha value is -2.78. The Morgan fingerprint density at radius 1 is 1.07 bits per heavy atom. The summed E-state index contributed by atoms with van der Waals surface area (Å²) >= 11 is 15.3. The van der Waals surface area contributed by atoms with Gasteiger partial charge in [0.2, 0.25) is 0 Å². The summed E-state index contributed by atoms with van der Waals surface area (Å²) in [6.07, 6.45) is 1.50. The van der Waals surface area contributed by atoms with Crippen molar-refractivity contribution in [1.29, 1.82) is 5.26 Å². The van der Waals surface area contributed by atoms with Crippen molar-refractivity contribution in [3.63, 3.8) is 0 Å². The van der Waals surface area contributed by atoms with Gasteiger partial charge in [0.15, 0.2) is 0 Å². The second-order valence-corrected chi connectivity index (χ2v) is 7.94. The number of hydrogen-bond acceptors (Lipinski definition) is 3. The number of ether oxygens (including phenoxy) is 1. The second-order valence-electron chi connectivity index (χ2n) is 6.21. The van der Waals surface area contributed by atoms with E-state index in [1.54, 1.807) is 54.6 Å². The number of halogens is 3. The van der Waals surface area contributed by atoms with Crippen molar-refractivity contribution in [3.8, 4) is 11.8 Å². The molecule has 0 unspecified atom stereocenters. The van der Waals surface area contributed by atoms with Crippen molar-refractivity contribution in [2.24, 2.45) is 0 Å². The summed E-state index contributed by atoms with van der Waals surface area (Å²) in [5, 5.41) is 13.1. The van der Waals surface area contributed by atoms with Gasteiger partial charge in [-0.1, -0.05) is 63.4 Å². The van der Waals surface area contributed by atoms with Crippen LogP contribution in [0, 0.1) is 11.3 Å². The lowest BCUT2D eigenvalue weighted by atomic mass is 10.1. The highest BCUT2D eigenvalue weighted by atomic mass is 79.9. The molecule has 0 aromatic heterocycles. The van der Waals surface area contributed by atoms with Gasteiger partial charge in [0, 0.05) is 15.7 Å². The first-order valence-electron chi connectivity index (χ1n) is 8.81. The molecule has 3 aromatic rings. The number of carbonyl (C=O) groups excluding carboxylic acids is 1. The normalized spacial score (nSPS) is 10.9. The fraction of sp³-hybridized carbons (Fsp3) is 0.0435. The molecular formula is C23H15BrCl2N2O2. The Balaban J connectivity index is 1.77. The number of nitriles is 1. The van der Waals surface area contributed by atoms with Gasteiger partial charge in [0.25, 0.3) is 5.91 Å². The topological polar surface area (TPSA) is 62.1 Å². The third kappa shape index (κ3) is 5.87. The summed E-state index contributed by atoms with van der Waals surface area (Å²) in [5.74, 6) is 0.0341. The Bertz CT molecular complexity index is 1140. The van der Waals surface area contributed by atoms with E-state index in [-0.39, 0.29) is 12.2 Å². The van der Waals surface area contributed by atoms with Crippen LogP contribution in [0.2, 0.25) is 10.0 Å². The number of para-hydroxylation sites is 1. The van der Waals surface area contributed by atoms with E-state index in [1.165, 1.54) is 6.08 Å². The quantitative estimate of drug-likeness (QED) is 0.295. The van der Waals surface area contributed by atoms with Crippen LogP contribution in [0.25, 0.3) is 6.08 Å². The molecule has 0 radical (unpaired) electrons. The summed E-state index contributed by atoms with van der Waals surface area (Å²) in [6, 6.07) is 21.5. The zero-order chi connectivity index (χ0) is 21.5. The molecule has 1 N–H and O–H groups in total. The molecule has 0 aliphatic heterocycles. The molecule has 0 saturated heterocycles. The first kappa shape index (κ1) is 21.9. The second kappa shape index (κ2) is 10.3. The van der Waals surface area contributed by atoms with E-state index in [9.17, 15) is 10.1 Å². The largest absolute Gasteiger partial charge is 0.488 e. The highest BCUT2D eigenvalue weighted by Crippen LogP contribution is 2.26. The molecule has 0 saturated carbocycles. The smallest absolute Gasteiger partial charge is 0.266 e. The first-order valence-corrected chi connectivity index (χ1v) is 10.4. The van der Waals surface area contributed by atoms with Crippen LogP contribution in [-0.4, -0.2) is 5.91 Å². The molecule has 0 fully saturated rings. The average molecular weight is 502 g/mol. The molecule has 30 heavy (non-hydrogen) atoms. The van der Waals surface area contributed by atoms with Gasteiger partial charge < -0.3 is 10.1 Å². The summed E-state index contributed by atoms with van der Waals surface area (Å²) in [5.41, 5.74) is 2.01. The van der Waals surface area contributed by atoms with Crippen molar-refractivity contribution in [2.75, 3.05) is 5.32 Å². The maximum absolute atomic E-state index is 12.5. The molecule has 0 aliphatic carbocycles. The Labute approximate surface area is 192 Å². The molecule has 0 bridgehead atoms. The number of nitrogens with zero attached hydrogens (tertiary/aromatic N) is 1. The molecule has 3 rings (SSSR count). The molecule has 150 valence electrons. The van der Waals surface area contributed by atoms with Gasteiger partial charge in [-0.15, -0.1) is 0 Å². The number of benzene rings is 3. The van der Waals surface area contributed by atoms with Gasteiger partial charge in [-0.25, -0.2) is 0 Å². The number of hydrogen-bond donors (Lipinski definition) is 1. The predicted molar refractivity (Wildman–Crippen MR) is 124 cm³/mol. The van der Waals surface area contributed by atoms with E-state index in [0.717, 1.165) is 10.0 Å². The lowest BCUT2D eigenvalue weighted by Gasteiger charge is -2.10. The molecule has 4 nitrogen and oxygen atoms in total. The molecule has 0 heterocycles. The van der Waals surface area contributed by atoms with Gasteiger partial charge in [0.1, 0.15) is 24.0 Å². The van der Waals surface area contributed by atoms with E-state index in [4.69, 9.17) is 27.9 Å². The minimum Gasteiger partial charge on any atom is -0.488 e. The maximum Gasteiger partial charge on any atom is 0.266 e. The average Bonchev–Trinajstić information content (AvgIpc) is 2.75. The van der Waals surface area contributed by atoms with Gasteiger partial charge >= 0.3 is 0 Å². The fourth-order valence-corrected chi connectivity index (χ4v) is 3.14. The Morgan fingerprint density at radius 3 is 2.50 bits per heavy atom. The number of anilines is 1. The number of carbonyl (C=O) groups is 1. The van der Waals surface area contributed by atoms with Crippen LogP contribution in [0.4, 0.5) is 5.69 Å². The Morgan fingerprint density at radius 2 is 1.80 bits per heavy atom. The molecule has 0 spiro atoms. The standard InChI is InChI=1S/C23H15BrCl2N2O2/c24-18-6-8-19(9-7-18)28-23(29)17(13-27)12-16-3-1-2-4-22(16)30-14-15-5-10-20(25)21(26)11-15/h1-12H,14H2,(H,28,29)/b17-12+. The van der Waals surface area contributed by atoms with Crippen LogP contribution in [0.3, 0.4) is 0 Å². The van der Waals surface area contributed by atoms with Gasteiger partial charge in [-0.05, 0) is 54.1 Å². The van der Waals surface area contributed by atoms with Gasteiger partial charge in [-0.2, -0.15) is 5.26 Å². The zero-order valence-corrected chi connectivity index (χ0v) is 18.6. The van der Waals surface area contributed by atoms with E-state index in [1.807, 2.05) is 18.2 Å². The van der Waals surface area contributed by atoms with Crippen molar-refractivity contribution < 1.29 is 9.53 Å². The third-order valence-corrected chi connectivity index (χ3v) is 5.33. The highest BCUT2D eigenvalue weighted by molar-refractivity contribution is 9.10. The van der Waals surface area contributed by atoms with Crippen LogP contribution >= 0.6 is 39.1 Å². The summed E-state index contributed by atoms with van der Waals surface area (Å²) < 4.78 is 6.78. The van der Waals surface area contributed by atoms with Gasteiger partial charge in [-0.3, -0.25) is 4.79 Å². The molecule has 1 amide bonds. The van der Waals surface area contributed by atoms with E-state index >= 15 is 0 Å². The molecule has 0 atom stereocenters. The summed E-state index contributed by atoms with van der Waals surface area (Å²) in [4.78, 5) is 12.5. The zero-order valence-electron chi connectivity index (χ0n) is 15.5. The Kier molecular flexibility index (Phi) is 7.53. The predicted octanol–water partition coefficient (Wildman–Crippen LogP) is 6.88. The summed E-state index contributed by atoms with van der Waals surface area (Å²) in [7, 11) is 0. The van der Waals surface area contributed by atoms with E-state index in [2.05, 4.69) is 21.2 Å². The van der Waals surface area contributed by atoms with Crippen molar-refractivity contribution in [1.82, 2.24) is 0 Å². The lowest BCUT2D eigenvalue weighted by molar-refractivity contribution is -0.112. The van der Waals surface area contributed by atoms with Gasteiger partial charge in [0.05, 0.1) is 10.0 Å². The monoisotopic (exact) mass is 500 g/mol. The SMILES string of the molecule is N#C/C(=C\c1ccccc1OCc1ccc(Cl)c(Cl)c1)C(=O)Nc1ccc(Br)cc1. The number of amides is 1. The lowest BCUT2D eigenvalue weighted by Crippen LogP contribution is -2.13. The van der Waals surface area contributed by atoms with Crippen molar-refractivity contribution >= 4 is 56.8 Å². The third-order valence-electron chi connectivity index (χ3n) is 4.06. The molecule has 0 aliphatic rings. The van der Waals surface area contributed by atoms with Crippen LogP contribution in [0.5, 0.6) is 5.75 Å². The van der Waals surface area contributed by atoms with E-state index in [0.29, 0.717) is 27.0 Å². The van der Waals surface area contributed by atoms with Crippen LogP contribution in [0.15, 0.2) is 76.8 Å². The number of rotatable bonds is 6. The minimum atomic E-state index is -0.501. The van der Waals surface area contributed by atoms with Crippen molar-refractivity contribution in [3.05, 3.63) is 97.9 Å². The van der Waals surface area contributed by atoms with E-state index < -0.39 is 5.91 Å². The van der Waals surface area contributed by atoms with Crippen molar-refractivity contribution in [2.45, 2.75) is 6.61 Å². The maximum atomic E-state index is 12.5.